The zero-order valence-corrected chi connectivity index (χ0v) is 21.5. The number of carbonyl (C=O) groups is 1. The first-order valence-electron chi connectivity index (χ1n) is 11.8. The molecule has 0 aliphatic rings. The fourth-order valence-electron chi connectivity index (χ4n) is 4.02. The van der Waals surface area contributed by atoms with E-state index in [4.69, 9.17) is 0 Å². The molecule has 0 radical (unpaired) electrons. The molecule has 0 saturated heterocycles. The first-order chi connectivity index (χ1) is 17.2. The van der Waals surface area contributed by atoms with Gasteiger partial charge in [0.1, 0.15) is 0 Å². The highest BCUT2D eigenvalue weighted by molar-refractivity contribution is 7.92. The zero-order chi connectivity index (χ0) is 25.7. The topological polar surface area (TPSA) is 66.5 Å². The molecule has 0 aliphatic carbocycles. The molecular formula is C30H30N2O3S. The fraction of sp³-hybridized carbons (Fsp3) is 0.167. The Hall–Kier alpha value is -3.90. The monoisotopic (exact) mass is 498 g/mol. The third-order valence-corrected chi connectivity index (χ3v) is 7.22. The molecule has 4 aromatic rings. The Morgan fingerprint density at radius 1 is 0.750 bits per heavy atom. The molecule has 4 aromatic carbocycles. The summed E-state index contributed by atoms with van der Waals surface area (Å²) in [7, 11) is -3.52. The molecule has 4 rings (SSSR count). The number of hydrogen-bond donors (Lipinski definition) is 1. The van der Waals surface area contributed by atoms with Crippen LogP contribution in [0.3, 0.4) is 0 Å². The van der Waals surface area contributed by atoms with Crippen LogP contribution in [0.1, 0.15) is 44.2 Å². The van der Waals surface area contributed by atoms with Crippen molar-refractivity contribution in [1.29, 1.82) is 0 Å². The lowest BCUT2D eigenvalue weighted by Gasteiger charge is -2.23. The van der Waals surface area contributed by atoms with Crippen LogP contribution < -0.4 is 9.62 Å². The smallest absolute Gasteiger partial charge is 0.252 e. The third-order valence-electron chi connectivity index (χ3n) is 6.08. The Kier molecular flexibility index (Phi) is 7.55. The molecule has 5 nitrogen and oxygen atoms in total. The summed E-state index contributed by atoms with van der Waals surface area (Å²) in [6, 6.07) is 32.0. The molecule has 36 heavy (non-hydrogen) atoms. The van der Waals surface area contributed by atoms with E-state index < -0.39 is 10.0 Å². The Bertz CT molecular complexity index is 1410. The van der Waals surface area contributed by atoms with Crippen LogP contribution in [0.25, 0.3) is 0 Å². The van der Waals surface area contributed by atoms with Crippen molar-refractivity contribution in [2.75, 3.05) is 10.6 Å². The maximum atomic E-state index is 13.2. The molecular weight excluding hydrogens is 468 g/mol. The van der Waals surface area contributed by atoms with Gasteiger partial charge in [0.05, 0.1) is 24.5 Å². The van der Waals surface area contributed by atoms with Crippen LogP contribution in [0.4, 0.5) is 5.69 Å². The van der Waals surface area contributed by atoms with Gasteiger partial charge < -0.3 is 5.32 Å². The summed E-state index contributed by atoms with van der Waals surface area (Å²) in [6.45, 7) is 4.23. The van der Waals surface area contributed by atoms with E-state index in [1.54, 1.807) is 24.3 Å². The van der Waals surface area contributed by atoms with Crippen LogP contribution in [0.5, 0.6) is 0 Å². The first-order valence-corrected chi connectivity index (χ1v) is 13.6. The SMILES string of the molecule is Cc1ccc(CN(c2ccc(C(=O)N[C@H](c3ccccc3)c3ccc(C)cc3)cc2)S(C)(=O)=O)cc1. The van der Waals surface area contributed by atoms with Crippen molar-refractivity contribution in [2.24, 2.45) is 0 Å². The summed E-state index contributed by atoms with van der Waals surface area (Å²) in [5.74, 6) is -0.236. The second-order valence-electron chi connectivity index (χ2n) is 9.03. The molecule has 6 heteroatoms. The summed E-state index contributed by atoms with van der Waals surface area (Å²) in [6.07, 6.45) is 1.19. The highest BCUT2D eigenvalue weighted by Gasteiger charge is 2.20. The highest BCUT2D eigenvalue weighted by Crippen LogP contribution is 2.25. The molecule has 0 unspecified atom stereocenters. The van der Waals surface area contributed by atoms with E-state index in [9.17, 15) is 13.2 Å². The van der Waals surface area contributed by atoms with E-state index >= 15 is 0 Å². The van der Waals surface area contributed by atoms with Crippen LogP contribution in [-0.2, 0) is 16.6 Å². The van der Waals surface area contributed by atoms with Crippen molar-refractivity contribution in [2.45, 2.75) is 26.4 Å². The van der Waals surface area contributed by atoms with E-state index in [0.717, 1.165) is 27.8 Å². The van der Waals surface area contributed by atoms with Gasteiger partial charge in [0.2, 0.25) is 10.0 Å². The number of nitrogens with one attached hydrogen (secondary N) is 1. The van der Waals surface area contributed by atoms with Gasteiger partial charge in [-0.1, -0.05) is 90.0 Å². The molecule has 0 aromatic heterocycles. The number of carbonyl (C=O) groups excluding carboxylic acids is 1. The van der Waals surface area contributed by atoms with E-state index in [1.807, 2.05) is 92.7 Å². The van der Waals surface area contributed by atoms with Gasteiger partial charge in [0, 0.05) is 5.56 Å². The second kappa shape index (κ2) is 10.8. The number of sulfonamides is 1. The van der Waals surface area contributed by atoms with Gasteiger partial charge in [-0.25, -0.2) is 8.42 Å². The lowest BCUT2D eigenvalue weighted by atomic mass is 9.97. The lowest BCUT2D eigenvalue weighted by Crippen LogP contribution is -2.30. The number of benzene rings is 4. The van der Waals surface area contributed by atoms with Gasteiger partial charge in [0.15, 0.2) is 0 Å². The third kappa shape index (κ3) is 6.20. The second-order valence-corrected chi connectivity index (χ2v) is 10.9. The molecule has 0 saturated carbocycles. The van der Waals surface area contributed by atoms with Crippen molar-refractivity contribution in [1.82, 2.24) is 5.32 Å². The Balaban J connectivity index is 1.57. The lowest BCUT2D eigenvalue weighted by molar-refractivity contribution is 0.0943. The molecule has 1 atom stereocenters. The predicted octanol–water partition coefficient (Wildman–Crippen LogP) is 5.79. The summed E-state index contributed by atoms with van der Waals surface area (Å²) in [4.78, 5) is 13.2. The van der Waals surface area contributed by atoms with E-state index in [1.165, 1.54) is 10.6 Å². The van der Waals surface area contributed by atoms with Crippen molar-refractivity contribution in [3.05, 3.63) is 137 Å². The number of anilines is 1. The predicted molar refractivity (Wildman–Crippen MR) is 146 cm³/mol. The number of amides is 1. The quantitative estimate of drug-likeness (QED) is 0.334. The summed E-state index contributed by atoms with van der Waals surface area (Å²) in [5, 5.41) is 3.14. The van der Waals surface area contributed by atoms with Gasteiger partial charge >= 0.3 is 0 Å². The molecule has 0 fully saturated rings. The molecule has 0 bridgehead atoms. The average molecular weight is 499 g/mol. The average Bonchev–Trinajstić information content (AvgIpc) is 2.87. The molecule has 1 amide bonds. The Morgan fingerprint density at radius 3 is 1.83 bits per heavy atom. The van der Waals surface area contributed by atoms with Gasteiger partial charge in [-0.2, -0.15) is 0 Å². The van der Waals surface area contributed by atoms with Crippen molar-refractivity contribution < 1.29 is 13.2 Å². The highest BCUT2D eigenvalue weighted by atomic mass is 32.2. The minimum atomic E-state index is -3.52. The number of aryl methyl sites for hydroxylation is 2. The Labute approximate surface area is 213 Å². The number of rotatable bonds is 8. The van der Waals surface area contributed by atoms with Crippen molar-refractivity contribution in [3.63, 3.8) is 0 Å². The fourth-order valence-corrected chi connectivity index (χ4v) is 4.90. The summed E-state index contributed by atoms with van der Waals surface area (Å²) < 4.78 is 26.4. The van der Waals surface area contributed by atoms with Crippen LogP contribution in [0.2, 0.25) is 0 Å². The minimum Gasteiger partial charge on any atom is -0.341 e. The van der Waals surface area contributed by atoms with E-state index in [0.29, 0.717) is 11.3 Å². The summed E-state index contributed by atoms with van der Waals surface area (Å²) >= 11 is 0. The Morgan fingerprint density at radius 2 is 1.28 bits per heavy atom. The molecule has 0 heterocycles. The number of hydrogen-bond acceptors (Lipinski definition) is 3. The van der Waals surface area contributed by atoms with Crippen LogP contribution in [-0.4, -0.2) is 20.6 Å². The van der Waals surface area contributed by atoms with Crippen LogP contribution in [0.15, 0.2) is 103 Å². The van der Waals surface area contributed by atoms with E-state index in [-0.39, 0.29) is 18.5 Å². The van der Waals surface area contributed by atoms with Crippen molar-refractivity contribution >= 4 is 21.6 Å². The van der Waals surface area contributed by atoms with Gasteiger partial charge in [-0.15, -0.1) is 0 Å². The van der Waals surface area contributed by atoms with Gasteiger partial charge in [-0.3, -0.25) is 9.10 Å². The molecule has 0 spiro atoms. The van der Waals surface area contributed by atoms with E-state index in [2.05, 4.69) is 5.32 Å². The minimum absolute atomic E-state index is 0.216. The van der Waals surface area contributed by atoms with Crippen LogP contribution >= 0.6 is 0 Å². The largest absolute Gasteiger partial charge is 0.341 e. The van der Waals surface area contributed by atoms with Crippen molar-refractivity contribution in [3.8, 4) is 0 Å². The van der Waals surface area contributed by atoms with Crippen LogP contribution in [0, 0.1) is 13.8 Å². The first kappa shape index (κ1) is 25.2. The normalized spacial score (nSPS) is 12.1. The molecule has 184 valence electrons. The summed E-state index contributed by atoms with van der Waals surface area (Å²) in [5.41, 5.74) is 6.07. The molecule has 1 N–H and O–H groups in total. The maximum absolute atomic E-state index is 13.2. The standard InChI is InChI=1S/C30H30N2O3S/c1-22-9-13-24(14-10-22)21-32(36(3,34)35)28-19-17-27(18-20-28)30(33)31-29(25-7-5-4-6-8-25)26-15-11-23(2)12-16-26/h4-20,29H,21H2,1-3H3,(H,31,33)/t29-/m1/s1. The maximum Gasteiger partial charge on any atom is 0.252 e. The number of nitrogens with zero attached hydrogens (tertiary/aromatic N) is 1. The van der Waals surface area contributed by atoms with Gasteiger partial charge in [0.25, 0.3) is 5.91 Å². The zero-order valence-electron chi connectivity index (χ0n) is 20.7. The van der Waals surface area contributed by atoms with Gasteiger partial charge in [-0.05, 0) is 54.8 Å². The molecule has 0 aliphatic heterocycles.